The molecule has 0 fully saturated rings. The maximum Gasteiger partial charge on any atom is 0.150 e. The van der Waals surface area contributed by atoms with Gasteiger partial charge in [-0.1, -0.05) is 72.8 Å². The summed E-state index contributed by atoms with van der Waals surface area (Å²) in [6, 6.07) is 23.2. The van der Waals surface area contributed by atoms with E-state index in [2.05, 4.69) is 30.3 Å². The summed E-state index contributed by atoms with van der Waals surface area (Å²) in [5.74, 6) is 1.29. The van der Waals surface area contributed by atoms with E-state index in [-0.39, 0.29) is 0 Å². The van der Waals surface area contributed by atoms with Crippen LogP contribution in [0, 0.1) is 0 Å². The van der Waals surface area contributed by atoms with Gasteiger partial charge < -0.3 is 9.47 Å². The van der Waals surface area contributed by atoms with E-state index in [1.165, 1.54) is 0 Å². The molecular formula is C30H24O4. The zero-order chi connectivity index (χ0) is 23.9. The molecule has 0 amide bonds. The highest BCUT2D eigenvalue weighted by molar-refractivity contribution is 5.95. The van der Waals surface area contributed by atoms with E-state index < -0.39 is 0 Å². The first kappa shape index (κ1) is 22.7. The maximum absolute atomic E-state index is 11.1. The van der Waals surface area contributed by atoms with Crippen molar-refractivity contribution in [2.75, 3.05) is 14.2 Å². The fraction of sp³-hybridized carbons (Fsp3) is 0.0667. The lowest BCUT2D eigenvalue weighted by Gasteiger charge is -2.08. The number of methoxy groups -OCH3 is 2. The standard InChI is InChI=1S/C30H24O4/c1-33-29-17-22(19-31)8-11-24(29)10-7-21-15-26-5-3-4-6-28(26)27(16-21)14-13-25-12-9-23(20-32)18-30(25)34-2/h3-20H,1-2H3/b10-7-,14-13-. The minimum atomic E-state index is 0.572. The third-order valence-electron chi connectivity index (χ3n) is 5.60. The Morgan fingerprint density at radius 2 is 1.12 bits per heavy atom. The molecule has 4 heteroatoms. The zero-order valence-electron chi connectivity index (χ0n) is 19.0. The topological polar surface area (TPSA) is 52.6 Å². The fourth-order valence-corrected chi connectivity index (χ4v) is 3.84. The number of carbonyl (C=O) groups is 2. The van der Waals surface area contributed by atoms with Crippen LogP contribution in [0.5, 0.6) is 11.5 Å². The lowest BCUT2D eigenvalue weighted by atomic mass is 9.99. The fourth-order valence-electron chi connectivity index (χ4n) is 3.84. The van der Waals surface area contributed by atoms with Crippen LogP contribution in [-0.2, 0) is 0 Å². The molecule has 4 rings (SSSR count). The summed E-state index contributed by atoms with van der Waals surface area (Å²) in [5, 5.41) is 2.25. The van der Waals surface area contributed by atoms with Gasteiger partial charge in [0.1, 0.15) is 24.1 Å². The molecule has 0 radical (unpaired) electrons. The molecule has 0 heterocycles. The van der Waals surface area contributed by atoms with E-state index in [1.54, 1.807) is 38.5 Å². The number of aldehydes is 2. The van der Waals surface area contributed by atoms with Crippen molar-refractivity contribution in [3.63, 3.8) is 0 Å². The Bertz CT molecular complexity index is 1410. The Balaban J connectivity index is 1.73. The van der Waals surface area contributed by atoms with Crippen LogP contribution in [0.3, 0.4) is 0 Å². The second kappa shape index (κ2) is 10.5. The molecule has 0 saturated heterocycles. The van der Waals surface area contributed by atoms with Gasteiger partial charge in [-0.15, -0.1) is 0 Å². The number of ether oxygens (including phenoxy) is 2. The number of carbonyl (C=O) groups excluding carboxylic acids is 2. The van der Waals surface area contributed by atoms with Crippen LogP contribution >= 0.6 is 0 Å². The monoisotopic (exact) mass is 448 g/mol. The van der Waals surface area contributed by atoms with Crippen LogP contribution in [0.4, 0.5) is 0 Å². The van der Waals surface area contributed by atoms with Gasteiger partial charge in [-0.25, -0.2) is 0 Å². The normalized spacial score (nSPS) is 11.2. The highest BCUT2D eigenvalue weighted by Gasteiger charge is 2.05. The predicted octanol–water partition coefficient (Wildman–Crippen LogP) is 6.82. The largest absolute Gasteiger partial charge is 0.496 e. The zero-order valence-corrected chi connectivity index (χ0v) is 19.0. The molecule has 0 aliphatic rings. The molecule has 4 aromatic rings. The summed E-state index contributed by atoms with van der Waals surface area (Å²) >= 11 is 0. The molecule has 0 spiro atoms. The van der Waals surface area contributed by atoms with Crippen molar-refractivity contribution in [1.29, 1.82) is 0 Å². The van der Waals surface area contributed by atoms with Crippen LogP contribution in [0.25, 0.3) is 35.1 Å². The Hall–Kier alpha value is -4.44. The molecule has 0 aliphatic heterocycles. The number of fused-ring (bicyclic) bond motifs is 1. The summed E-state index contributed by atoms with van der Waals surface area (Å²) in [4.78, 5) is 22.1. The first-order valence-electron chi connectivity index (χ1n) is 10.8. The molecule has 168 valence electrons. The lowest BCUT2D eigenvalue weighted by Crippen LogP contribution is -1.90. The lowest BCUT2D eigenvalue weighted by molar-refractivity contribution is 0.111. The number of benzene rings is 4. The Labute approximate surface area is 198 Å². The molecule has 0 atom stereocenters. The number of rotatable bonds is 8. The quantitative estimate of drug-likeness (QED) is 0.219. The van der Waals surface area contributed by atoms with E-state index in [4.69, 9.17) is 9.47 Å². The molecule has 4 aromatic carbocycles. The number of hydrogen-bond acceptors (Lipinski definition) is 4. The van der Waals surface area contributed by atoms with E-state index in [0.29, 0.717) is 22.6 Å². The molecule has 0 N–H and O–H groups in total. The summed E-state index contributed by atoms with van der Waals surface area (Å²) < 4.78 is 10.9. The highest BCUT2D eigenvalue weighted by Crippen LogP contribution is 2.28. The molecule has 0 saturated carbocycles. The Morgan fingerprint density at radius 3 is 1.71 bits per heavy atom. The van der Waals surface area contributed by atoms with Crippen LogP contribution in [0.15, 0.2) is 72.8 Å². The van der Waals surface area contributed by atoms with Crippen molar-refractivity contribution in [2.45, 2.75) is 0 Å². The van der Waals surface area contributed by atoms with Gasteiger partial charge in [-0.3, -0.25) is 9.59 Å². The molecule has 0 unspecified atom stereocenters. The smallest absolute Gasteiger partial charge is 0.150 e. The van der Waals surface area contributed by atoms with Gasteiger partial charge in [0.25, 0.3) is 0 Å². The first-order chi connectivity index (χ1) is 16.6. The van der Waals surface area contributed by atoms with Crippen LogP contribution < -0.4 is 9.47 Å². The van der Waals surface area contributed by atoms with Crippen molar-refractivity contribution in [3.05, 3.63) is 106 Å². The predicted molar refractivity (Wildman–Crippen MR) is 139 cm³/mol. The average molecular weight is 449 g/mol. The summed E-state index contributed by atoms with van der Waals surface area (Å²) in [6.45, 7) is 0. The molecule has 0 aliphatic carbocycles. The summed E-state index contributed by atoms with van der Waals surface area (Å²) in [7, 11) is 3.19. The molecular weight excluding hydrogens is 424 g/mol. The summed E-state index contributed by atoms with van der Waals surface area (Å²) in [6.07, 6.45) is 9.66. The minimum Gasteiger partial charge on any atom is -0.496 e. The van der Waals surface area contributed by atoms with Crippen LogP contribution in [-0.4, -0.2) is 26.8 Å². The van der Waals surface area contributed by atoms with Crippen molar-refractivity contribution in [3.8, 4) is 11.5 Å². The van der Waals surface area contributed by atoms with Gasteiger partial charge in [0, 0.05) is 22.3 Å². The third-order valence-corrected chi connectivity index (χ3v) is 5.60. The van der Waals surface area contributed by atoms with Gasteiger partial charge >= 0.3 is 0 Å². The van der Waals surface area contributed by atoms with Gasteiger partial charge in [-0.2, -0.15) is 0 Å². The number of hydrogen-bond donors (Lipinski definition) is 0. The van der Waals surface area contributed by atoms with E-state index in [1.807, 2.05) is 42.5 Å². The SMILES string of the molecule is COc1cc(C=O)ccc1/C=C\c1cc(/C=C\c2ccc(C=O)cc2OC)c2ccccc2c1. The van der Waals surface area contributed by atoms with Crippen molar-refractivity contribution >= 4 is 47.6 Å². The Kier molecular flexibility index (Phi) is 6.99. The minimum absolute atomic E-state index is 0.572. The van der Waals surface area contributed by atoms with Gasteiger partial charge in [0.2, 0.25) is 0 Å². The highest BCUT2D eigenvalue weighted by atomic mass is 16.5. The van der Waals surface area contributed by atoms with Gasteiger partial charge in [0.15, 0.2) is 0 Å². The second-order valence-corrected chi connectivity index (χ2v) is 7.74. The van der Waals surface area contributed by atoms with Crippen molar-refractivity contribution in [1.82, 2.24) is 0 Å². The summed E-state index contributed by atoms with van der Waals surface area (Å²) in [5.41, 5.74) is 5.01. The third kappa shape index (κ3) is 4.97. The molecule has 4 nitrogen and oxygen atoms in total. The average Bonchev–Trinajstić information content (AvgIpc) is 2.90. The second-order valence-electron chi connectivity index (χ2n) is 7.74. The van der Waals surface area contributed by atoms with Gasteiger partial charge in [0.05, 0.1) is 14.2 Å². The van der Waals surface area contributed by atoms with Crippen molar-refractivity contribution in [2.24, 2.45) is 0 Å². The molecule has 0 aromatic heterocycles. The van der Waals surface area contributed by atoms with E-state index in [0.717, 1.165) is 45.6 Å². The molecule has 34 heavy (non-hydrogen) atoms. The first-order valence-corrected chi connectivity index (χ1v) is 10.8. The van der Waals surface area contributed by atoms with Gasteiger partial charge in [-0.05, 0) is 46.2 Å². The van der Waals surface area contributed by atoms with Crippen LogP contribution in [0.1, 0.15) is 43.0 Å². The van der Waals surface area contributed by atoms with E-state index in [9.17, 15) is 9.59 Å². The van der Waals surface area contributed by atoms with Crippen molar-refractivity contribution < 1.29 is 19.1 Å². The van der Waals surface area contributed by atoms with E-state index >= 15 is 0 Å². The van der Waals surface area contributed by atoms with Crippen LogP contribution in [0.2, 0.25) is 0 Å². The molecule has 0 bridgehead atoms. The Morgan fingerprint density at radius 1 is 0.559 bits per heavy atom. The maximum atomic E-state index is 11.1.